The molecular formula is C13H22O4. The van der Waals surface area contributed by atoms with Gasteiger partial charge in [0.25, 0.3) is 0 Å². The summed E-state index contributed by atoms with van der Waals surface area (Å²) in [5.74, 6) is -2.09. The van der Waals surface area contributed by atoms with Crippen molar-refractivity contribution < 1.29 is 19.1 Å². The van der Waals surface area contributed by atoms with Crippen LogP contribution in [0.4, 0.5) is 0 Å². The van der Waals surface area contributed by atoms with Crippen LogP contribution in [0.15, 0.2) is 0 Å². The van der Waals surface area contributed by atoms with E-state index in [0.29, 0.717) is 18.8 Å². The normalized spacial score (nSPS) is 23.4. The van der Waals surface area contributed by atoms with E-state index in [9.17, 15) is 14.4 Å². The molecule has 1 aliphatic carbocycles. The molecule has 0 spiro atoms. The molecule has 2 atom stereocenters. The Balaban J connectivity index is 0.00000121. The van der Waals surface area contributed by atoms with Crippen molar-refractivity contribution in [3.05, 3.63) is 0 Å². The van der Waals surface area contributed by atoms with Crippen LogP contribution in [0.25, 0.3) is 0 Å². The van der Waals surface area contributed by atoms with Crippen LogP contribution in [0.5, 0.6) is 0 Å². The average molecular weight is 242 g/mol. The summed E-state index contributed by atoms with van der Waals surface area (Å²) in [5.41, 5.74) is 0. The number of hydrogen-bond acceptors (Lipinski definition) is 4. The van der Waals surface area contributed by atoms with E-state index in [4.69, 9.17) is 0 Å². The molecule has 0 aliphatic heterocycles. The summed E-state index contributed by atoms with van der Waals surface area (Å²) in [5, 5.41) is 0. The minimum atomic E-state index is -0.870. The SMILES string of the molecule is CC.CCOC(=O)C(=O)C1CCC(C)CC1=O. The van der Waals surface area contributed by atoms with Crippen LogP contribution in [-0.4, -0.2) is 24.1 Å². The lowest BCUT2D eigenvalue weighted by Gasteiger charge is -2.22. The maximum atomic E-state index is 11.5. The van der Waals surface area contributed by atoms with E-state index in [0.717, 1.165) is 6.42 Å². The zero-order valence-electron chi connectivity index (χ0n) is 11.1. The van der Waals surface area contributed by atoms with Gasteiger partial charge in [-0.1, -0.05) is 20.8 Å². The largest absolute Gasteiger partial charge is 0.460 e. The zero-order valence-corrected chi connectivity index (χ0v) is 11.1. The van der Waals surface area contributed by atoms with Crippen LogP contribution in [0.2, 0.25) is 0 Å². The summed E-state index contributed by atoms with van der Waals surface area (Å²) in [4.78, 5) is 34.2. The molecule has 1 fully saturated rings. The molecule has 0 heterocycles. The molecule has 0 aromatic rings. The molecule has 0 saturated heterocycles. The zero-order chi connectivity index (χ0) is 13.4. The van der Waals surface area contributed by atoms with Gasteiger partial charge < -0.3 is 4.74 Å². The molecule has 4 nitrogen and oxygen atoms in total. The molecule has 2 unspecified atom stereocenters. The Morgan fingerprint density at radius 3 is 2.35 bits per heavy atom. The molecule has 0 N–H and O–H groups in total. The lowest BCUT2D eigenvalue weighted by atomic mass is 9.80. The monoisotopic (exact) mass is 242 g/mol. The van der Waals surface area contributed by atoms with Crippen LogP contribution in [-0.2, 0) is 19.1 Å². The van der Waals surface area contributed by atoms with Gasteiger partial charge in [-0.2, -0.15) is 0 Å². The number of rotatable bonds is 3. The molecule has 1 rings (SSSR count). The smallest absolute Gasteiger partial charge is 0.375 e. The van der Waals surface area contributed by atoms with Gasteiger partial charge in [-0.3, -0.25) is 9.59 Å². The van der Waals surface area contributed by atoms with E-state index in [1.54, 1.807) is 6.92 Å². The Hall–Kier alpha value is -1.19. The van der Waals surface area contributed by atoms with E-state index in [-0.39, 0.29) is 12.4 Å². The van der Waals surface area contributed by atoms with Crippen LogP contribution in [0.1, 0.15) is 47.0 Å². The van der Waals surface area contributed by atoms with Crippen molar-refractivity contribution in [1.82, 2.24) is 0 Å². The van der Waals surface area contributed by atoms with Crippen LogP contribution < -0.4 is 0 Å². The summed E-state index contributed by atoms with van der Waals surface area (Å²) in [6.45, 7) is 7.78. The molecule has 0 amide bonds. The van der Waals surface area contributed by atoms with Gasteiger partial charge in [-0.05, 0) is 25.7 Å². The molecule has 1 aliphatic rings. The predicted octanol–water partition coefficient (Wildman–Crippen LogP) is 2.15. The first-order chi connectivity index (χ1) is 8.06. The Bertz CT molecular complexity index is 283. The summed E-state index contributed by atoms with van der Waals surface area (Å²) >= 11 is 0. The Labute approximate surface area is 103 Å². The second-order valence-electron chi connectivity index (χ2n) is 3.99. The molecule has 0 radical (unpaired) electrons. The lowest BCUT2D eigenvalue weighted by Crippen LogP contribution is -2.35. The van der Waals surface area contributed by atoms with Crippen molar-refractivity contribution >= 4 is 17.5 Å². The van der Waals surface area contributed by atoms with Crippen LogP contribution >= 0.6 is 0 Å². The van der Waals surface area contributed by atoms with Crippen molar-refractivity contribution in [2.24, 2.45) is 11.8 Å². The third-order valence-corrected chi connectivity index (χ3v) is 2.68. The summed E-state index contributed by atoms with van der Waals surface area (Å²) in [6.07, 6.45) is 1.70. The first-order valence-electron chi connectivity index (χ1n) is 6.30. The second kappa shape index (κ2) is 7.98. The first kappa shape index (κ1) is 15.8. The van der Waals surface area contributed by atoms with Crippen molar-refractivity contribution in [3.8, 4) is 0 Å². The topological polar surface area (TPSA) is 60.4 Å². The number of ether oxygens (including phenoxy) is 1. The summed E-state index contributed by atoms with van der Waals surface area (Å²) in [6, 6.07) is 0. The highest BCUT2D eigenvalue weighted by Crippen LogP contribution is 2.26. The highest BCUT2D eigenvalue weighted by molar-refractivity contribution is 6.38. The number of Topliss-reactive ketones (excluding diaryl/α,β-unsaturated/α-hetero) is 2. The number of esters is 1. The van der Waals surface area contributed by atoms with Gasteiger partial charge >= 0.3 is 5.97 Å². The molecule has 0 bridgehead atoms. The Morgan fingerprint density at radius 2 is 1.88 bits per heavy atom. The standard InChI is InChI=1S/C11H16O4.C2H6/c1-3-15-11(14)10(13)8-5-4-7(2)6-9(8)12;1-2/h7-8H,3-6H2,1-2H3;1-2H3. The average Bonchev–Trinajstić information content (AvgIpc) is 2.31. The van der Waals surface area contributed by atoms with Gasteiger partial charge in [0.05, 0.1) is 12.5 Å². The van der Waals surface area contributed by atoms with Crippen molar-refractivity contribution in [2.75, 3.05) is 6.61 Å². The van der Waals surface area contributed by atoms with Gasteiger partial charge in [0.15, 0.2) is 0 Å². The predicted molar refractivity (Wildman–Crippen MR) is 64.5 cm³/mol. The molecule has 4 heteroatoms. The van der Waals surface area contributed by atoms with Crippen LogP contribution in [0, 0.1) is 11.8 Å². The molecule has 98 valence electrons. The minimum absolute atomic E-state index is 0.119. The maximum absolute atomic E-state index is 11.5. The second-order valence-corrected chi connectivity index (χ2v) is 3.99. The Kier molecular flexibility index (Phi) is 7.42. The molecule has 17 heavy (non-hydrogen) atoms. The molecule has 0 aromatic carbocycles. The summed E-state index contributed by atoms with van der Waals surface area (Å²) < 4.78 is 4.59. The van der Waals surface area contributed by atoms with Crippen molar-refractivity contribution in [2.45, 2.75) is 47.0 Å². The maximum Gasteiger partial charge on any atom is 0.375 e. The fraction of sp³-hybridized carbons (Fsp3) is 0.769. The number of ketones is 2. The van der Waals surface area contributed by atoms with Crippen molar-refractivity contribution in [1.29, 1.82) is 0 Å². The highest BCUT2D eigenvalue weighted by Gasteiger charge is 2.35. The van der Waals surface area contributed by atoms with Crippen LogP contribution in [0.3, 0.4) is 0 Å². The number of carbonyl (C=O) groups is 3. The summed E-state index contributed by atoms with van der Waals surface area (Å²) in [7, 11) is 0. The van der Waals surface area contributed by atoms with E-state index in [1.165, 1.54) is 0 Å². The van der Waals surface area contributed by atoms with Gasteiger partial charge in [-0.15, -0.1) is 0 Å². The Morgan fingerprint density at radius 1 is 1.29 bits per heavy atom. The molecule has 1 saturated carbocycles. The van der Waals surface area contributed by atoms with Gasteiger partial charge in [0, 0.05) is 6.42 Å². The number of carbonyl (C=O) groups excluding carboxylic acids is 3. The molecular weight excluding hydrogens is 220 g/mol. The van der Waals surface area contributed by atoms with E-state index in [2.05, 4.69) is 4.74 Å². The van der Waals surface area contributed by atoms with Gasteiger partial charge in [-0.25, -0.2) is 4.79 Å². The quantitative estimate of drug-likeness (QED) is 0.432. The third-order valence-electron chi connectivity index (χ3n) is 2.68. The van der Waals surface area contributed by atoms with E-state index >= 15 is 0 Å². The molecule has 0 aromatic heterocycles. The van der Waals surface area contributed by atoms with E-state index in [1.807, 2.05) is 20.8 Å². The third kappa shape index (κ3) is 4.67. The fourth-order valence-corrected chi connectivity index (χ4v) is 1.82. The fourth-order valence-electron chi connectivity index (χ4n) is 1.82. The van der Waals surface area contributed by atoms with Gasteiger partial charge in [0.2, 0.25) is 5.78 Å². The van der Waals surface area contributed by atoms with Gasteiger partial charge in [0.1, 0.15) is 5.78 Å². The first-order valence-corrected chi connectivity index (χ1v) is 6.30. The lowest BCUT2D eigenvalue weighted by molar-refractivity contribution is -0.157. The van der Waals surface area contributed by atoms with E-state index < -0.39 is 17.7 Å². The minimum Gasteiger partial charge on any atom is -0.460 e. The number of hydrogen-bond donors (Lipinski definition) is 0. The highest BCUT2D eigenvalue weighted by atomic mass is 16.5. The van der Waals surface area contributed by atoms with Crippen molar-refractivity contribution in [3.63, 3.8) is 0 Å².